The molecule has 0 spiro atoms. The maximum Gasteiger partial charge on any atom is 0.270 e. The van der Waals surface area contributed by atoms with E-state index in [1.165, 1.54) is 0 Å². The van der Waals surface area contributed by atoms with Gasteiger partial charge in [0.05, 0.1) is 18.5 Å². The van der Waals surface area contributed by atoms with Crippen LogP contribution in [0.5, 0.6) is 11.5 Å². The SMILES string of the molecule is C=CCOc1c(CC=C)cc(C=NNc2nc(-c3ccccc3)c(C#N)c(=O)[nH]2)cc1OCC. The Morgan fingerprint density at radius 2 is 2.00 bits per heavy atom. The summed E-state index contributed by atoms with van der Waals surface area (Å²) < 4.78 is 11.6. The largest absolute Gasteiger partial charge is 0.490 e. The molecule has 0 amide bonds. The normalized spacial score (nSPS) is 10.5. The van der Waals surface area contributed by atoms with E-state index >= 15 is 0 Å². The molecule has 8 nitrogen and oxygen atoms in total. The molecule has 0 bridgehead atoms. The Kier molecular flexibility index (Phi) is 8.36. The van der Waals surface area contributed by atoms with Gasteiger partial charge in [-0.05, 0) is 31.0 Å². The molecule has 1 aromatic heterocycles. The predicted molar refractivity (Wildman–Crippen MR) is 133 cm³/mol. The van der Waals surface area contributed by atoms with Crippen molar-refractivity contribution in [2.24, 2.45) is 5.10 Å². The number of hydrogen-bond donors (Lipinski definition) is 2. The third-order valence-corrected chi connectivity index (χ3v) is 4.63. The Morgan fingerprint density at radius 1 is 1.21 bits per heavy atom. The van der Waals surface area contributed by atoms with Crippen molar-refractivity contribution < 1.29 is 9.47 Å². The molecule has 0 fully saturated rings. The fourth-order valence-electron chi connectivity index (χ4n) is 3.24. The summed E-state index contributed by atoms with van der Waals surface area (Å²) in [5.74, 6) is 1.33. The van der Waals surface area contributed by atoms with Crippen LogP contribution in [-0.2, 0) is 6.42 Å². The summed E-state index contributed by atoms with van der Waals surface area (Å²) in [6.07, 6.45) is 5.60. The standard InChI is InChI=1S/C26H25N5O3/c1-4-10-20-14-18(15-22(33-6-3)24(20)34-13-5-2)17-28-31-26-29-23(19-11-8-7-9-12-19)21(16-27)25(32)30-26/h4-5,7-9,11-12,14-15,17H,1-2,6,10,13H2,3H3,(H2,29,30,31,32). The summed E-state index contributed by atoms with van der Waals surface area (Å²) in [7, 11) is 0. The molecule has 2 aromatic carbocycles. The highest BCUT2D eigenvalue weighted by Gasteiger charge is 2.14. The minimum atomic E-state index is -0.551. The Labute approximate surface area is 197 Å². The lowest BCUT2D eigenvalue weighted by Gasteiger charge is -2.15. The topological polar surface area (TPSA) is 112 Å². The Bertz CT molecular complexity index is 1290. The second-order valence-electron chi connectivity index (χ2n) is 7.02. The molecule has 0 aliphatic heterocycles. The average Bonchev–Trinajstić information content (AvgIpc) is 2.84. The van der Waals surface area contributed by atoms with Crippen molar-refractivity contribution in [3.63, 3.8) is 0 Å². The smallest absolute Gasteiger partial charge is 0.270 e. The van der Waals surface area contributed by atoms with Crippen LogP contribution in [0, 0.1) is 11.3 Å². The summed E-state index contributed by atoms with van der Waals surface area (Å²) in [6, 6.07) is 14.7. The lowest BCUT2D eigenvalue weighted by atomic mass is 10.1. The summed E-state index contributed by atoms with van der Waals surface area (Å²) in [6.45, 7) is 10.2. The van der Waals surface area contributed by atoms with E-state index in [0.717, 1.165) is 11.1 Å². The summed E-state index contributed by atoms with van der Waals surface area (Å²) in [4.78, 5) is 19.3. The van der Waals surface area contributed by atoms with Gasteiger partial charge < -0.3 is 9.47 Å². The number of rotatable bonds is 11. The first-order valence-corrected chi connectivity index (χ1v) is 10.6. The molecule has 0 radical (unpaired) electrons. The number of allylic oxidation sites excluding steroid dienone is 1. The third-order valence-electron chi connectivity index (χ3n) is 4.63. The molecule has 34 heavy (non-hydrogen) atoms. The first-order chi connectivity index (χ1) is 16.6. The van der Waals surface area contributed by atoms with E-state index in [1.54, 1.807) is 30.5 Å². The number of hydrazone groups is 1. The van der Waals surface area contributed by atoms with Crippen molar-refractivity contribution in [3.8, 4) is 28.8 Å². The maximum absolute atomic E-state index is 12.4. The van der Waals surface area contributed by atoms with Gasteiger partial charge in [0.15, 0.2) is 11.5 Å². The number of ether oxygens (including phenoxy) is 2. The second-order valence-corrected chi connectivity index (χ2v) is 7.02. The van der Waals surface area contributed by atoms with Gasteiger partial charge in [-0.1, -0.05) is 49.1 Å². The highest BCUT2D eigenvalue weighted by atomic mass is 16.5. The van der Waals surface area contributed by atoms with E-state index < -0.39 is 5.56 Å². The van der Waals surface area contributed by atoms with Crippen molar-refractivity contribution in [2.75, 3.05) is 18.6 Å². The van der Waals surface area contributed by atoms with Crippen LogP contribution in [0.3, 0.4) is 0 Å². The molecule has 0 unspecified atom stereocenters. The molecule has 0 saturated heterocycles. The number of anilines is 1. The summed E-state index contributed by atoms with van der Waals surface area (Å²) >= 11 is 0. The number of nitriles is 1. The molecular formula is C26H25N5O3. The molecule has 0 saturated carbocycles. The number of nitrogens with one attached hydrogen (secondary N) is 2. The highest BCUT2D eigenvalue weighted by molar-refractivity contribution is 5.82. The molecule has 0 aliphatic carbocycles. The molecule has 3 rings (SSSR count). The predicted octanol–water partition coefficient (Wildman–Crippen LogP) is 4.45. The van der Waals surface area contributed by atoms with Gasteiger partial charge in [0.2, 0.25) is 5.95 Å². The van der Waals surface area contributed by atoms with Crippen molar-refractivity contribution >= 4 is 12.2 Å². The fourth-order valence-corrected chi connectivity index (χ4v) is 3.24. The monoisotopic (exact) mass is 455 g/mol. The zero-order valence-electron chi connectivity index (χ0n) is 18.9. The number of aromatic nitrogens is 2. The van der Waals surface area contributed by atoms with Crippen LogP contribution >= 0.6 is 0 Å². The van der Waals surface area contributed by atoms with Crippen LogP contribution in [-0.4, -0.2) is 29.4 Å². The number of aromatic amines is 1. The number of nitrogens with zero attached hydrogens (tertiary/aromatic N) is 3. The van der Waals surface area contributed by atoms with Crippen LogP contribution in [0.2, 0.25) is 0 Å². The molecule has 1 heterocycles. The molecule has 3 aromatic rings. The Morgan fingerprint density at radius 3 is 2.68 bits per heavy atom. The van der Waals surface area contributed by atoms with Gasteiger partial charge >= 0.3 is 0 Å². The first kappa shape index (κ1) is 24.0. The van der Waals surface area contributed by atoms with Gasteiger partial charge in [-0.25, -0.2) is 10.4 Å². The van der Waals surface area contributed by atoms with Crippen molar-refractivity contribution in [1.82, 2.24) is 9.97 Å². The van der Waals surface area contributed by atoms with Gasteiger partial charge in [-0.3, -0.25) is 9.78 Å². The maximum atomic E-state index is 12.4. The van der Waals surface area contributed by atoms with Gasteiger partial charge in [-0.2, -0.15) is 10.4 Å². The molecule has 0 atom stereocenters. The van der Waals surface area contributed by atoms with Gasteiger partial charge in [-0.15, -0.1) is 6.58 Å². The Balaban J connectivity index is 1.92. The molecule has 8 heteroatoms. The van der Waals surface area contributed by atoms with E-state index in [9.17, 15) is 10.1 Å². The van der Waals surface area contributed by atoms with Crippen LogP contribution in [0.1, 0.15) is 23.6 Å². The number of H-pyrrole nitrogens is 1. The minimum Gasteiger partial charge on any atom is -0.490 e. The number of hydrogen-bond acceptors (Lipinski definition) is 7. The van der Waals surface area contributed by atoms with Gasteiger partial charge in [0.25, 0.3) is 5.56 Å². The third kappa shape index (κ3) is 5.78. The minimum absolute atomic E-state index is 0.0636. The van der Waals surface area contributed by atoms with Crippen molar-refractivity contribution in [3.05, 3.63) is 94.8 Å². The van der Waals surface area contributed by atoms with E-state index in [4.69, 9.17) is 9.47 Å². The molecular weight excluding hydrogens is 430 g/mol. The van der Waals surface area contributed by atoms with Crippen LogP contribution in [0.4, 0.5) is 5.95 Å². The quantitative estimate of drug-likeness (QED) is 0.251. The van der Waals surface area contributed by atoms with Crippen LogP contribution in [0.25, 0.3) is 11.3 Å². The average molecular weight is 456 g/mol. The van der Waals surface area contributed by atoms with Crippen molar-refractivity contribution in [1.29, 1.82) is 5.26 Å². The van der Waals surface area contributed by atoms with Gasteiger partial charge in [0.1, 0.15) is 18.2 Å². The van der Waals surface area contributed by atoms with Gasteiger partial charge in [0, 0.05) is 11.1 Å². The molecule has 0 aliphatic rings. The first-order valence-electron chi connectivity index (χ1n) is 10.6. The fraction of sp³-hybridized carbons (Fsp3) is 0.154. The molecule has 172 valence electrons. The highest BCUT2D eigenvalue weighted by Crippen LogP contribution is 2.33. The molecule has 2 N–H and O–H groups in total. The van der Waals surface area contributed by atoms with E-state index in [1.807, 2.05) is 43.3 Å². The lowest BCUT2D eigenvalue weighted by Crippen LogP contribution is -2.16. The van der Waals surface area contributed by atoms with Crippen molar-refractivity contribution in [2.45, 2.75) is 13.3 Å². The summed E-state index contributed by atoms with van der Waals surface area (Å²) in [5.41, 5.74) is 4.69. The van der Waals surface area contributed by atoms with E-state index in [2.05, 4.69) is 33.7 Å². The zero-order chi connectivity index (χ0) is 24.3. The summed E-state index contributed by atoms with van der Waals surface area (Å²) in [5, 5.41) is 13.6. The lowest BCUT2D eigenvalue weighted by molar-refractivity contribution is 0.295. The second kappa shape index (κ2) is 11.8. The van der Waals surface area contributed by atoms with E-state index in [0.29, 0.717) is 36.7 Å². The number of benzene rings is 2. The zero-order valence-corrected chi connectivity index (χ0v) is 18.9. The van der Waals surface area contributed by atoms with Crippen LogP contribution in [0.15, 0.2) is 77.7 Å². The van der Waals surface area contributed by atoms with Crippen LogP contribution < -0.4 is 20.5 Å². The van der Waals surface area contributed by atoms with E-state index in [-0.39, 0.29) is 17.2 Å². The Hall–Kier alpha value is -4.64.